The molecule has 2 heteroatoms. The zero-order chi connectivity index (χ0) is 5.82. The molecule has 0 aromatic rings. The highest BCUT2D eigenvalue weighted by molar-refractivity contribution is 6.40. The third kappa shape index (κ3) is 1.60. The van der Waals surface area contributed by atoms with Crippen LogP contribution in [0.1, 0.15) is 19.3 Å². The minimum absolute atomic E-state index is 0.0627. The average molecular weight is 129 g/mol. The molecule has 0 amide bonds. The number of rotatable bonds is 1. The van der Waals surface area contributed by atoms with Crippen molar-refractivity contribution in [1.29, 1.82) is 0 Å². The van der Waals surface area contributed by atoms with Crippen molar-refractivity contribution in [2.24, 2.45) is 0 Å². The summed E-state index contributed by atoms with van der Waals surface area (Å²) in [6, 6.07) is 0. The molecule has 1 saturated heterocycles. The van der Waals surface area contributed by atoms with Crippen LogP contribution in [-0.2, 0) is 4.74 Å². The number of ether oxygens (including phenoxy) is 1. The highest BCUT2D eigenvalue weighted by Gasteiger charge is 2.11. The van der Waals surface area contributed by atoms with Crippen LogP contribution < -0.4 is 0 Å². The molecule has 0 atom stereocenters. The lowest BCUT2D eigenvalue weighted by molar-refractivity contribution is 0.135. The van der Waals surface area contributed by atoms with E-state index >= 15 is 0 Å². The van der Waals surface area contributed by atoms with Gasteiger partial charge in [-0.1, -0.05) is 6.55 Å². The fourth-order valence-corrected chi connectivity index (χ4v) is 1.94. The zero-order valence-electron chi connectivity index (χ0n) is 5.44. The van der Waals surface area contributed by atoms with Crippen molar-refractivity contribution in [2.45, 2.75) is 25.8 Å². The molecule has 0 aromatic heterocycles. The van der Waals surface area contributed by atoms with Gasteiger partial charge in [-0.2, -0.15) is 0 Å². The first-order valence-corrected chi connectivity index (χ1v) is 5.53. The molecule has 1 heterocycles. The molecule has 1 radical (unpaired) electrons. The Morgan fingerprint density at radius 2 is 2.38 bits per heavy atom. The van der Waals surface area contributed by atoms with E-state index in [0.29, 0.717) is 0 Å². The summed E-state index contributed by atoms with van der Waals surface area (Å²) in [5, 5.41) is 0. The molecule has 1 nitrogen and oxygen atoms in total. The molecule has 1 aliphatic heterocycles. The van der Waals surface area contributed by atoms with E-state index in [9.17, 15) is 0 Å². The Balaban J connectivity index is 2.13. The number of hydrogen-bond acceptors (Lipinski definition) is 1. The van der Waals surface area contributed by atoms with Crippen molar-refractivity contribution in [2.75, 3.05) is 6.61 Å². The maximum absolute atomic E-state index is 5.41. The van der Waals surface area contributed by atoms with Crippen molar-refractivity contribution in [3.63, 3.8) is 0 Å². The summed E-state index contributed by atoms with van der Waals surface area (Å²) in [6.45, 7) is 3.29. The average Bonchev–Trinajstić information content (AvgIpc) is 1.90. The third-order valence-corrected chi connectivity index (χ3v) is 2.90. The van der Waals surface area contributed by atoms with E-state index in [2.05, 4.69) is 6.55 Å². The molecule has 0 spiro atoms. The lowest BCUT2D eigenvalue weighted by Gasteiger charge is -2.19. The Morgan fingerprint density at radius 3 is 2.75 bits per heavy atom. The van der Waals surface area contributed by atoms with E-state index in [4.69, 9.17) is 4.74 Å². The second kappa shape index (κ2) is 3.25. The van der Waals surface area contributed by atoms with Crippen LogP contribution in [0.15, 0.2) is 0 Å². The largest absolute Gasteiger partial charge is 0.377 e. The van der Waals surface area contributed by atoms with Crippen LogP contribution in [0.3, 0.4) is 0 Å². The summed E-state index contributed by atoms with van der Waals surface area (Å²) in [7, 11) is 0.0627. The second-order valence-electron chi connectivity index (χ2n) is 2.20. The molecule has 1 aliphatic rings. The SMILES string of the molecule is C[SiH2][C]1CCCCO1. The van der Waals surface area contributed by atoms with Gasteiger partial charge in [0.25, 0.3) is 0 Å². The molecule has 0 bridgehead atoms. The first-order valence-electron chi connectivity index (χ1n) is 3.41. The normalized spacial score (nSPS) is 25.1. The van der Waals surface area contributed by atoms with Crippen molar-refractivity contribution < 1.29 is 4.74 Å². The maximum atomic E-state index is 5.41. The Morgan fingerprint density at radius 1 is 1.50 bits per heavy atom. The van der Waals surface area contributed by atoms with Crippen molar-refractivity contribution in [1.82, 2.24) is 0 Å². The molecule has 0 saturated carbocycles. The van der Waals surface area contributed by atoms with Gasteiger partial charge in [-0.15, -0.1) is 0 Å². The molecular formula is C6H13OSi. The van der Waals surface area contributed by atoms with Gasteiger partial charge in [-0.25, -0.2) is 0 Å². The Labute approximate surface area is 53.2 Å². The highest BCUT2D eigenvalue weighted by atomic mass is 28.2. The molecule has 0 N–H and O–H groups in total. The quantitative estimate of drug-likeness (QED) is 0.478. The summed E-state index contributed by atoms with van der Waals surface area (Å²) in [5.74, 6) is 0. The molecule has 0 aliphatic carbocycles. The topological polar surface area (TPSA) is 9.23 Å². The smallest absolute Gasteiger partial charge is 0.0762 e. The fraction of sp³-hybridized carbons (Fsp3) is 0.833. The Hall–Kier alpha value is 0.177. The molecule has 47 valence electrons. The standard InChI is InChI=1S/C6H13OSi/c1-8-6-4-2-3-5-7-6/h2-5,8H2,1H3. The van der Waals surface area contributed by atoms with Gasteiger partial charge < -0.3 is 4.74 Å². The minimum Gasteiger partial charge on any atom is -0.377 e. The summed E-state index contributed by atoms with van der Waals surface area (Å²) in [5.41, 5.74) is 1.44. The monoisotopic (exact) mass is 129 g/mol. The van der Waals surface area contributed by atoms with Gasteiger partial charge in [0.2, 0.25) is 0 Å². The van der Waals surface area contributed by atoms with Crippen LogP contribution >= 0.6 is 0 Å². The summed E-state index contributed by atoms with van der Waals surface area (Å²) >= 11 is 0. The van der Waals surface area contributed by atoms with E-state index in [0.717, 1.165) is 6.61 Å². The van der Waals surface area contributed by atoms with Crippen molar-refractivity contribution >= 4 is 9.52 Å². The van der Waals surface area contributed by atoms with E-state index in [-0.39, 0.29) is 9.52 Å². The van der Waals surface area contributed by atoms with Gasteiger partial charge in [0, 0.05) is 6.61 Å². The van der Waals surface area contributed by atoms with Crippen LogP contribution in [0.25, 0.3) is 0 Å². The molecule has 8 heavy (non-hydrogen) atoms. The van der Waals surface area contributed by atoms with Crippen LogP contribution in [0, 0.1) is 5.73 Å². The van der Waals surface area contributed by atoms with Crippen LogP contribution in [0.5, 0.6) is 0 Å². The lowest BCUT2D eigenvalue weighted by atomic mass is 10.2. The van der Waals surface area contributed by atoms with E-state index in [1.165, 1.54) is 25.0 Å². The first-order chi connectivity index (χ1) is 3.93. The molecule has 0 unspecified atom stereocenters. The predicted molar refractivity (Wildman–Crippen MR) is 37.5 cm³/mol. The maximum Gasteiger partial charge on any atom is 0.0762 e. The summed E-state index contributed by atoms with van der Waals surface area (Å²) in [4.78, 5) is 0. The van der Waals surface area contributed by atoms with Gasteiger partial charge in [0.15, 0.2) is 0 Å². The fourth-order valence-electron chi connectivity index (χ4n) is 0.992. The Kier molecular flexibility index (Phi) is 2.56. The van der Waals surface area contributed by atoms with Crippen LogP contribution in [0.4, 0.5) is 0 Å². The highest BCUT2D eigenvalue weighted by Crippen LogP contribution is 2.16. The van der Waals surface area contributed by atoms with Gasteiger partial charge in [0.1, 0.15) is 0 Å². The van der Waals surface area contributed by atoms with E-state index in [1.807, 2.05) is 0 Å². The van der Waals surface area contributed by atoms with Gasteiger partial charge in [-0.05, 0) is 19.3 Å². The predicted octanol–water partition coefficient (Wildman–Crippen LogP) is 0.893. The third-order valence-electron chi connectivity index (χ3n) is 1.55. The van der Waals surface area contributed by atoms with Crippen molar-refractivity contribution in [3.8, 4) is 0 Å². The molecule has 1 rings (SSSR count). The van der Waals surface area contributed by atoms with Crippen LogP contribution in [-0.4, -0.2) is 16.1 Å². The summed E-state index contributed by atoms with van der Waals surface area (Å²) in [6.07, 6.45) is 3.91. The molecule has 1 fully saturated rings. The Bertz CT molecular complexity index is 59.5. The van der Waals surface area contributed by atoms with Gasteiger partial charge in [-0.3, -0.25) is 0 Å². The van der Waals surface area contributed by atoms with Gasteiger partial charge in [0.05, 0.1) is 15.2 Å². The van der Waals surface area contributed by atoms with E-state index in [1.54, 1.807) is 0 Å². The first kappa shape index (κ1) is 6.30. The van der Waals surface area contributed by atoms with Crippen molar-refractivity contribution in [3.05, 3.63) is 5.73 Å². The minimum atomic E-state index is 0.0627. The molecular weight excluding hydrogens is 116 g/mol. The van der Waals surface area contributed by atoms with Gasteiger partial charge >= 0.3 is 0 Å². The zero-order valence-corrected chi connectivity index (χ0v) is 6.86. The van der Waals surface area contributed by atoms with Crippen LogP contribution in [0.2, 0.25) is 6.55 Å². The second-order valence-corrected chi connectivity index (χ2v) is 3.69. The van der Waals surface area contributed by atoms with E-state index < -0.39 is 0 Å². The lowest BCUT2D eigenvalue weighted by Crippen LogP contribution is -2.14. The number of hydrogen-bond donors (Lipinski definition) is 0. The molecule has 0 aromatic carbocycles. The summed E-state index contributed by atoms with van der Waals surface area (Å²) < 4.78 is 5.41.